The van der Waals surface area contributed by atoms with Gasteiger partial charge in [0.25, 0.3) is 15.9 Å². The number of nitrogens with zero attached hydrogens (tertiary/aromatic N) is 2. The Morgan fingerprint density at radius 1 is 1.00 bits per heavy atom. The number of hydrogen-bond acceptors (Lipinski definition) is 4. The van der Waals surface area contributed by atoms with Crippen LogP contribution in [0.2, 0.25) is 0 Å². The van der Waals surface area contributed by atoms with Gasteiger partial charge in [0.2, 0.25) is 0 Å². The molecule has 31 heavy (non-hydrogen) atoms. The molecule has 0 saturated heterocycles. The highest BCUT2D eigenvalue weighted by Crippen LogP contribution is 2.28. The molecule has 0 aliphatic carbocycles. The minimum Gasteiger partial charge on any atom is -0.271 e. The summed E-state index contributed by atoms with van der Waals surface area (Å²) in [5.74, 6) is -1.14. The number of hydrogen-bond donors (Lipinski definition) is 1. The second-order valence-electron chi connectivity index (χ2n) is 6.86. The second-order valence-corrected chi connectivity index (χ2v) is 8.72. The van der Waals surface area contributed by atoms with E-state index in [1.165, 1.54) is 30.5 Å². The highest BCUT2D eigenvalue weighted by molar-refractivity contribution is 7.92. The zero-order valence-electron chi connectivity index (χ0n) is 17.1. The van der Waals surface area contributed by atoms with Crippen LogP contribution in [-0.4, -0.2) is 27.1 Å². The van der Waals surface area contributed by atoms with Crippen molar-refractivity contribution in [1.82, 2.24) is 5.43 Å². The first-order valence-electron chi connectivity index (χ1n) is 9.51. The molecule has 6 nitrogen and oxygen atoms in total. The van der Waals surface area contributed by atoms with Gasteiger partial charge in [-0.15, -0.1) is 0 Å². The third kappa shape index (κ3) is 5.16. The summed E-state index contributed by atoms with van der Waals surface area (Å²) in [5.41, 5.74) is 4.51. The molecule has 0 spiro atoms. The van der Waals surface area contributed by atoms with Crippen molar-refractivity contribution < 1.29 is 17.6 Å². The van der Waals surface area contributed by atoms with Gasteiger partial charge in [-0.2, -0.15) is 5.10 Å². The molecule has 0 aliphatic rings. The monoisotopic (exact) mass is 439 g/mol. The maximum atomic E-state index is 13.7. The fourth-order valence-electron chi connectivity index (χ4n) is 2.94. The lowest BCUT2D eigenvalue weighted by molar-refractivity contribution is -0.119. The molecular weight excluding hydrogens is 417 g/mol. The molecule has 0 heterocycles. The molecule has 3 rings (SSSR count). The van der Waals surface area contributed by atoms with E-state index in [1.54, 1.807) is 49.4 Å². The molecule has 0 unspecified atom stereocenters. The fraction of sp³-hybridized carbons (Fsp3) is 0.130. The van der Waals surface area contributed by atoms with Crippen LogP contribution in [0, 0.1) is 19.7 Å². The number of aryl methyl sites for hydroxylation is 1. The predicted molar refractivity (Wildman–Crippen MR) is 119 cm³/mol. The summed E-state index contributed by atoms with van der Waals surface area (Å²) in [4.78, 5) is 12.6. The predicted octanol–water partition coefficient (Wildman–Crippen LogP) is 3.79. The Morgan fingerprint density at radius 3 is 2.39 bits per heavy atom. The van der Waals surface area contributed by atoms with E-state index in [-0.39, 0.29) is 10.5 Å². The molecule has 3 aromatic rings. The first-order valence-corrected chi connectivity index (χ1v) is 10.9. The van der Waals surface area contributed by atoms with Gasteiger partial charge in [0.1, 0.15) is 12.4 Å². The number of carbonyl (C=O) groups is 1. The first kappa shape index (κ1) is 22.2. The van der Waals surface area contributed by atoms with Crippen molar-refractivity contribution in [3.05, 3.63) is 95.3 Å². The van der Waals surface area contributed by atoms with Gasteiger partial charge in [-0.3, -0.25) is 9.10 Å². The zero-order chi connectivity index (χ0) is 22.4. The van der Waals surface area contributed by atoms with Crippen molar-refractivity contribution in [3.63, 3.8) is 0 Å². The molecule has 3 aromatic carbocycles. The summed E-state index contributed by atoms with van der Waals surface area (Å²) < 4.78 is 41.4. The average Bonchev–Trinajstić information content (AvgIpc) is 2.76. The molecule has 0 saturated carbocycles. The number of rotatable bonds is 7. The third-order valence-electron chi connectivity index (χ3n) is 4.76. The van der Waals surface area contributed by atoms with Crippen molar-refractivity contribution >= 4 is 27.8 Å². The van der Waals surface area contributed by atoms with Gasteiger partial charge < -0.3 is 0 Å². The van der Waals surface area contributed by atoms with E-state index >= 15 is 0 Å². The Labute approximate surface area is 181 Å². The largest absolute Gasteiger partial charge is 0.271 e. The molecule has 8 heteroatoms. The molecule has 0 radical (unpaired) electrons. The Balaban J connectivity index is 1.89. The first-order chi connectivity index (χ1) is 14.8. The van der Waals surface area contributed by atoms with Crippen molar-refractivity contribution in [1.29, 1.82) is 0 Å². The molecule has 0 aliphatic heterocycles. The maximum absolute atomic E-state index is 13.7. The Morgan fingerprint density at radius 2 is 1.68 bits per heavy atom. The summed E-state index contributed by atoms with van der Waals surface area (Å²) >= 11 is 0. The van der Waals surface area contributed by atoms with Crippen molar-refractivity contribution in [2.24, 2.45) is 5.10 Å². The number of nitrogens with one attached hydrogen (secondary N) is 1. The van der Waals surface area contributed by atoms with Crippen LogP contribution >= 0.6 is 0 Å². The Bertz CT molecular complexity index is 1210. The highest BCUT2D eigenvalue weighted by atomic mass is 32.2. The zero-order valence-corrected chi connectivity index (χ0v) is 17.9. The number of carbonyl (C=O) groups excluding carboxylic acids is 1. The van der Waals surface area contributed by atoms with Crippen molar-refractivity contribution in [3.8, 4) is 0 Å². The summed E-state index contributed by atoms with van der Waals surface area (Å²) in [7, 11) is -4.01. The van der Waals surface area contributed by atoms with Crippen molar-refractivity contribution in [2.75, 3.05) is 10.8 Å². The molecule has 160 valence electrons. The third-order valence-corrected chi connectivity index (χ3v) is 6.54. The van der Waals surface area contributed by atoms with Crippen molar-refractivity contribution in [2.45, 2.75) is 18.7 Å². The lowest BCUT2D eigenvalue weighted by Gasteiger charge is -2.26. The van der Waals surface area contributed by atoms with E-state index < -0.39 is 28.3 Å². The van der Waals surface area contributed by atoms with Crippen LogP contribution in [0.3, 0.4) is 0 Å². The number of benzene rings is 3. The minimum atomic E-state index is -4.01. The van der Waals surface area contributed by atoms with Crippen LogP contribution < -0.4 is 9.73 Å². The molecule has 0 bridgehead atoms. The summed E-state index contributed by atoms with van der Waals surface area (Å²) in [5, 5.41) is 3.76. The van der Waals surface area contributed by atoms with Crippen LogP contribution in [0.5, 0.6) is 0 Å². The maximum Gasteiger partial charge on any atom is 0.264 e. The van der Waals surface area contributed by atoms with Gasteiger partial charge >= 0.3 is 0 Å². The van der Waals surface area contributed by atoms with Crippen LogP contribution in [0.4, 0.5) is 10.1 Å². The van der Waals surface area contributed by atoms with Gasteiger partial charge in [-0.1, -0.05) is 48.5 Å². The van der Waals surface area contributed by atoms with E-state index in [4.69, 9.17) is 0 Å². The lowest BCUT2D eigenvalue weighted by Crippen LogP contribution is -2.40. The molecule has 1 N–H and O–H groups in total. The normalized spacial score (nSPS) is 11.5. The standard InChI is InChI=1S/C23H22FN3O3S/c1-17-9-8-14-22(18(17)2)27(31(29,30)20-11-4-3-5-12-20)16-23(28)26-25-15-19-10-6-7-13-21(19)24/h3-15H,16H2,1-2H3,(H,26,28)/b25-15+. The van der Waals surface area contributed by atoms with Gasteiger partial charge in [-0.05, 0) is 49.2 Å². The number of sulfonamides is 1. The van der Waals surface area contributed by atoms with E-state index in [1.807, 2.05) is 13.0 Å². The van der Waals surface area contributed by atoms with Gasteiger partial charge in [0, 0.05) is 5.56 Å². The Hall–Kier alpha value is -3.52. The second kappa shape index (κ2) is 9.53. The molecule has 0 atom stereocenters. The smallest absolute Gasteiger partial charge is 0.264 e. The summed E-state index contributed by atoms with van der Waals surface area (Å²) in [6.45, 7) is 3.17. The Kier molecular flexibility index (Phi) is 6.81. The van der Waals surface area contributed by atoms with Gasteiger partial charge in [0.05, 0.1) is 16.8 Å². The lowest BCUT2D eigenvalue weighted by atomic mass is 10.1. The minimum absolute atomic E-state index is 0.0681. The quantitative estimate of drug-likeness (QED) is 0.449. The highest BCUT2D eigenvalue weighted by Gasteiger charge is 2.28. The van der Waals surface area contributed by atoms with E-state index in [0.29, 0.717) is 5.69 Å². The SMILES string of the molecule is Cc1cccc(N(CC(=O)N/N=C/c2ccccc2F)S(=O)(=O)c2ccccc2)c1C. The van der Waals surface area contributed by atoms with Gasteiger partial charge in [0.15, 0.2) is 0 Å². The molecule has 0 fully saturated rings. The van der Waals surface area contributed by atoms with E-state index in [0.717, 1.165) is 15.4 Å². The van der Waals surface area contributed by atoms with Crippen LogP contribution in [0.15, 0.2) is 82.8 Å². The summed E-state index contributed by atoms with van der Waals surface area (Å²) in [6.07, 6.45) is 1.17. The van der Waals surface area contributed by atoms with E-state index in [9.17, 15) is 17.6 Å². The molecule has 0 aromatic heterocycles. The average molecular weight is 440 g/mol. The molecular formula is C23H22FN3O3S. The molecule has 1 amide bonds. The van der Waals surface area contributed by atoms with Crippen LogP contribution in [-0.2, 0) is 14.8 Å². The number of amides is 1. The number of hydrazone groups is 1. The van der Waals surface area contributed by atoms with Gasteiger partial charge in [-0.25, -0.2) is 18.2 Å². The van der Waals surface area contributed by atoms with Crippen LogP contribution in [0.1, 0.15) is 16.7 Å². The van der Waals surface area contributed by atoms with E-state index in [2.05, 4.69) is 10.5 Å². The summed E-state index contributed by atoms with van der Waals surface area (Å²) in [6, 6.07) is 19.1. The fourth-order valence-corrected chi connectivity index (χ4v) is 4.44. The number of halogens is 1. The van der Waals surface area contributed by atoms with Crippen LogP contribution in [0.25, 0.3) is 0 Å². The topological polar surface area (TPSA) is 78.8 Å². The number of anilines is 1.